The third-order valence-corrected chi connectivity index (χ3v) is 6.67. The molecule has 0 atom stereocenters. The van der Waals surface area contributed by atoms with Crippen LogP contribution in [0.2, 0.25) is 0 Å². The molecule has 0 saturated heterocycles. The summed E-state index contributed by atoms with van der Waals surface area (Å²) < 4.78 is 8.61. The molecule has 0 aliphatic carbocycles. The SMILES string of the molecule is COc1ccc(-n2c(=O)c3ccccc3n3c(SCC(=O)c4ccc(C)cc4C)nnc23)cc1. The van der Waals surface area contributed by atoms with Gasteiger partial charge in [0.1, 0.15) is 5.75 Å². The van der Waals surface area contributed by atoms with Gasteiger partial charge in [-0.1, -0.05) is 47.7 Å². The van der Waals surface area contributed by atoms with Crippen LogP contribution in [0.15, 0.2) is 76.7 Å². The van der Waals surface area contributed by atoms with Gasteiger partial charge in [-0.15, -0.1) is 10.2 Å². The zero-order valence-corrected chi connectivity index (χ0v) is 19.8. The van der Waals surface area contributed by atoms with Crippen LogP contribution in [0.1, 0.15) is 21.5 Å². The molecule has 7 nitrogen and oxygen atoms in total. The number of ketones is 1. The van der Waals surface area contributed by atoms with Gasteiger partial charge in [-0.3, -0.25) is 14.0 Å². The molecule has 0 amide bonds. The maximum absolute atomic E-state index is 13.4. The lowest BCUT2D eigenvalue weighted by Gasteiger charge is -2.12. The maximum atomic E-state index is 13.4. The molecule has 5 rings (SSSR count). The Morgan fingerprint density at radius 2 is 1.76 bits per heavy atom. The number of aryl methyl sites for hydroxylation is 2. The van der Waals surface area contributed by atoms with E-state index in [-0.39, 0.29) is 17.1 Å². The first-order chi connectivity index (χ1) is 16.5. The number of benzene rings is 3. The lowest BCUT2D eigenvalue weighted by molar-refractivity contribution is 0.102. The quantitative estimate of drug-likeness (QED) is 0.266. The smallest absolute Gasteiger partial charge is 0.267 e. The van der Waals surface area contributed by atoms with Crippen molar-refractivity contribution in [3.8, 4) is 11.4 Å². The van der Waals surface area contributed by atoms with Gasteiger partial charge in [0.15, 0.2) is 10.9 Å². The number of aromatic nitrogens is 4. The molecule has 0 unspecified atom stereocenters. The molecule has 0 spiro atoms. The third kappa shape index (κ3) is 3.76. The number of hydrogen-bond acceptors (Lipinski definition) is 6. The van der Waals surface area contributed by atoms with Crippen LogP contribution in [0, 0.1) is 13.8 Å². The second-order valence-corrected chi connectivity index (χ2v) is 8.95. The van der Waals surface area contributed by atoms with E-state index in [4.69, 9.17) is 4.74 Å². The van der Waals surface area contributed by atoms with Gasteiger partial charge in [0.2, 0.25) is 5.78 Å². The van der Waals surface area contributed by atoms with Crippen molar-refractivity contribution in [2.75, 3.05) is 12.9 Å². The van der Waals surface area contributed by atoms with Crippen LogP contribution in [0.5, 0.6) is 5.75 Å². The molecule has 170 valence electrons. The number of methoxy groups -OCH3 is 1. The molecule has 0 N–H and O–H groups in total. The molecule has 0 aliphatic heterocycles. The van der Waals surface area contributed by atoms with Crippen molar-refractivity contribution in [1.29, 1.82) is 0 Å². The van der Waals surface area contributed by atoms with E-state index in [1.807, 2.05) is 54.6 Å². The average Bonchev–Trinajstić information content (AvgIpc) is 3.27. The molecule has 34 heavy (non-hydrogen) atoms. The van der Waals surface area contributed by atoms with E-state index in [1.165, 1.54) is 16.3 Å². The van der Waals surface area contributed by atoms with E-state index in [9.17, 15) is 9.59 Å². The zero-order chi connectivity index (χ0) is 23.8. The summed E-state index contributed by atoms with van der Waals surface area (Å²) in [6, 6.07) is 20.4. The number of carbonyl (C=O) groups is 1. The fourth-order valence-electron chi connectivity index (χ4n) is 4.07. The molecule has 0 bridgehead atoms. The number of nitrogens with zero attached hydrogens (tertiary/aromatic N) is 4. The number of hydrogen-bond donors (Lipinski definition) is 0. The highest BCUT2D eigenvalue weighted by atomic mass is 32.2. The number of Topliss-reactive ketones (excluding diaryl/α,β-unsaturated/α-hetero) is 1. The van der Waals surface area contributed by atoms with E-state index in [2.05, 4.69) is 10.2 Å². The molecular formula is C26H22N4O3S. The predicted octanol–water partition coefficient (Wildman–Crippen LogP) is 4.63. The van der Waals surface area contributed by atoms with Gasteiger partial charge in [-0.2, -0.15) is 0 Å². The van der Waals surface area contributed by atoms with Gasteiger partial charge in [-0.05, 0) is 55.8 Å². The molecule has 8 heteroatoms. The van der Waals surface area contributed by atoms with Crippen LogP contribution in [0.3, 0.4) is 0 Å². The van der Waals surface area contributed by atoms with Crippen molar-refractivity contribution in [2.45, 2.75) is 19.0 Å². The van der Waals surface area contributed by atoms with Crippen LogP contribution >= 0.6 is 11.8 Å². The Bertz CT molecular complexity index is 1600. The molecule has 0 aliphatic rings. The number of thioether (sulfide) groups is 1. The number of para-hydroxylation sites is 1. The van der Waals surface area contributed by atoms with Crippen molar-refractivity contribution in [3.05, 3.63) is 93.8 Å². The van der Waals surface area contributed by atoms with E-state index in [1.54, 1.807) is 37.4 Å². The highest BCUT2D eigenvalue weighted by Gasteiger charge is 2.19. The van der Waals surface area contributed by atoms with Crippen molar-refractivity contribution in [1.82, 2.24) is 19.2 Å². The van der Waals surface area contributed by atoms with Crippen LogP contribution in [0.25, 0.3) is 22.4 Å². The van der Waals surface area contributed by atoms with Gasteiger partial charge in [-0.25, -0.2) is 4.57 Å². The first-order valence-corrected chi connectivity index (χ1v) is 11.7. The Kier molecular flexibility index (Phi) is 5.67. The van der Waals surface area contributed by atoms with Crippen molar-refractivity contribution in [3.63, 3.8) is 0 Å². The summed E-state index contributed by atoms with van der Waals surface area (Å²) in [4.78, 5) is 26.3. The summed E-state index contributed by atoms with van der Waals surface area (Å²) in [5.74, 6) is 1.30. The molecule has 3 aromatic carbocycles. The normalized spacial score (nSPS) is 11.3. The summed E-state index contributed by atoms with van der Waals surface area (Å²) in [5.41, 5.74) is 3.93. The van der Waals surface area contributed by atoms with Crippen molar-refractivity contribution < 1.29 is 9.53 Å². The molecule has 0 fully saturated rings. The fourth-order valence-corrected chi connectivity index (χ4v) is 4.89. The Hall–Kier alpha value is -3.91. The van der Waals surface area contributed by atoms with Crippen LogP contribution < -0.4 is 10.3 Å². The minimum absolute atomic E-state index is 0.0204. The highest BCUT2D eigenvalue weighted by molar-refractivity contribution is 7.99. The van der Waals surface area contributed by atoms with Gasteiger partial charge >= 0.3 is 0 Å². The van der Waals surface area contributed by atoms with Crippen LogP contribution in [-0.4, -0.2) is 37.8 Å². The molecular weight excluding hydrogens is 448 g/mol. The summed E-state index contributed by atoms with van der Waals surface area (Å²) in [5, 5.41) is 9.77. The van der Waals surface area contributed by atoms with Crippen molar-refractivity contribution >= 4 is 34.2 Å². The van der Waals surface area contributed by atoms with E-state index in [0.717, 1.165) is 11.1 Å². The van der Waals surface area contributed by atoms with Gasteiger partial charge in [0, 0.05) is 5.56 Å². The predicted molar refractivity (Wildman–Crippen MR) is 134 cm³/mol. The fraction of sp³-hybridized carbons (Fsp3) is 0.154. The Morgan fingerprint density at radius 3 is 2.50 bits per heavy atom. The van der Waals surface area contributed by atoms with Gasteiger partial charge in [0.25, 0.3) is 5.56 Å². The first kappa shape index (κ1) is 21.9. The lowest BCUT2D eigenvalue weighted by atomic mass is 10.0. The monoisotopic (exact) mass is 470 g/mol. The second kappa shape index (κ2) is 8.79. The number of carbonyl (C=O) groups excluding carboxylic acids is 1. The minimum Gasteiger partial charge on any atom is -0.497 e. The first-order valence-electron chi connectivity index (χ1n) is 10.7. The van der Waals surface area contributed by atoms with E-state index in [0.29, 0.717) is 38.8 Å². The molecule has 2 aromatic heterocycles. The molecule has 5 aromatic rings. The molecule has 0 radical (unpaired) electrons. The largest absolute Gasteiger partial charge is 0.497 e. The van der Waals surface area contributed by atoms with E-state index < -0.39 is 0 Å². The minimum atomic E-state index is -0.191. The summed E-state index contributed by atoms with van der Waals surface area (Å²) in [7, 11) is 1.59. The van der Waals surface area contributed by atoms with Crippen LogP contribution in [-0.2, 0) is 0 Å². The lowest BCUT2D eigenvalue weighted by Crippen LogP contribution is -2.21. The Balaban J connectivity index is 1.61. The standard InChI is InChI=1S/C26H22N4O3S/c1-16-8-13-20(17(2)14-16)23(31)15-34-26-28-27-25-29(18-9-11-19(33-3)12-10-18)24(32)21-6-4-5-7-22(21)30(25)26/h4-14H,15H2,1-3H3. The summed E-state index contributed by atoms with van der Waals surface area (Å²) in [6.45, 7) is 3.95. The number of rotatable bonds is 6. The Labute approximate surface area is 200 Å². The number of fused-ring (bicyclic) bond motifs is 3. The highest BCUT2D eigenvalue weighted by Crippen LogP contribution is 2.25. The van der Waals surface area contributed by atoms with E-state index >= 15 is 0 Å². The topological polar surface area (TPSA) is 78.5 Å². The second-order valence-electron chi connectivity index (χ2n) is 8.00. The molecule has 2 heterocycles. The zero-order valence-electron chi connectivity index (χ0n) is 19.0. The third-order valence-electron chi connectivity index (χ3n) is 5.74. The maximum Gasteiger partial charge on any atom is 0.267 e. The Morgan fingerprint density at radius 1 is 1.00 bits per heavy atom. The number of ether oxygens (including phenoxy) is 1. The van der Waals surface area contributed by atoms with Gasteiger partial charge < -0.3 is 4.74 Å². The summed E-state index contributed by atoms with van der Waals surface area (Å²) in [6.07, 6.45) is 0. The van der Waals surface area contributed by atoms with Crippen molar-refractivity contribution in [2.24, 2.45) is 0 Å². The van der Waals surface area contributed by atoms with Crippen LogP contribution in [0.4, 0.5) is 0 Å². The average molecular weight is 471 g/mol. The summed E-state index contributed by atoms with van der Waals surface area (Å²) >= 11 is 1.31. The van der Waals surface area contributed by atoms with Gasteiger partial charge in [0.05, 0.1) is 29.5 Å². The molecule has 0 saturated carbocycles.